The summed E-state index contributed by atoms with van der Waals surface area (Å²) in [5.74, 6) is 0.870. The lowest BCUT2D eigenvalue weighted by Crippen LogP contribution is -2.40. The van der Waals surface area contributed by atoms with Gasteiger partial charge in [-0.3, -0.25) is 4.79 Å². The van der Waals surface area contributed by atoms with E-state index in [0.29, 0.717) is 12.0 Å². The van der Waals surface area contributed by atoms with Crippen LogP contribution < -0.4 is 0 Å². The monoisotopic (exact) mass is 183 g/mol. The van der Waals surface area contributed by atoms with Crippen molar-refractivity contribution in [2.24, 2.45) is 5.92 Å². The number of hydrogen-bond acceptors (Lipinski definition) is 2. The molecule has 2 fully saturated rings. The van der Waals surface area contributed by atoms with Crippen LogP contribution in [0.5, 0.6) is 0 Å². The number of carbonyl (C=O) groups is 1. The smallest absolute Gasteiger partial charge is 0.221 e. The summed E-state index contributed by atoms with van der Waals surface area (Å²) in [7, 11) is 1.70. The van der Waals surface area contributed by atoms with Crippen LogP contribution in [0, 0.1) is 5.92 Å². The average Bonchev–Trinajstić information content (AvgIpc) is 2.59. The van der Waals surface area contributed by atoms with Crippen LogP contribution in [0.25, 0.3) is 0 Å². The van der Waals surface area contributed by atoms with Gasteiger partial charge in [-0.2, -0.15) is 0 Å². The molecular weight excluding hydrogens is 166 g/mol. The van der Waals surface area contributed by atoms with Crippen LogP contribution in [0.4, 0.5) is 0 Å². The maximum absolute atomic E-state index is 11.4. The Morgan fingerprint density at radius 2 is 2.23 bits per heavy atom. The molecule has 74 valence electrons. The molecule has 2 aliphatic rings. The molecule has 1 saturated heterocycles. The summed E-state index contributed by atoms with van der Waals surface area (Å²) in [6.07, 6.45) is 4.81. The molecule has 3 atom stereocenters. The third-order valence-corrected chi connectivity index (χ3v) is 3.43. The van der Waals surface area contributed by atoms with E-state index in [0.717, 1.165) is 6.42 Å². The molecule has 3 nitrogen and oxygen atoms in total. The van der Waals surface area contributed by atoms with Gasteiger partial charge >= 0.3 is 0 Å². The lowest BCUT2D eigenvalue weighted by Gasteiger charge is -2.27. The molecule has 1 saturated carbocycles. The third kappa shape index (κ3) is 1.35. The molecule has 0 aromatic heterocycles. The van der Waals surface area contributed by atoms with Gasteiger partial charge in [-0.05, 0) is 25.2 Å². The molecule has 0 aromatic rings. The van der Waals surface area contributed by atoms with Crippen molar-refractivity contribution in [3.63, 3.8) is 0 Å². The van der Waals surface area contributed by atoms with E-state index in [-0.39, 0.29) is 12.1 Å². The van der Waals surface area contributed by atoms with Crippen LogP contribution in [0.3, 0.4) is 0 Å². The van der Waals surface area contributed by atoms with Gasteiger partial charge in [0.2, 0.25) is 5.91 Å². The Hall–Kier alpha value is -0.570. The fraction of sp³-hybridized carbons (Fsp3) is 0.900. The molecule has 1 aliphatic carbocycles. The van der Waals surface area contributed by atoms with E-state index in [1.807, 2.05) is 4.90 Å². The molecule has 13 heavy (non-hydrogen) atoms. The van der Waals surface area contributed by atoms with E-state index < -0.39 is 0 Å². The molecular formula is C10H17NO2. The van der Waals surface area contributed by atoms with Crippen molar-refractivity contribution >= 4 is 5.91 Å². The van der Waals surface area contributed by atoms with Crippen molar-refractivity contribution in [1.29, 1.82) is 0 Å². The summed E-state index contributed by atoms with van der Waals surface area (Å²) in [4.78, 5) is 13.3. The number of hydrogen-bond donors (Lipinski definition) is 0. The van der Waals surface area contributed by atoms with Crippen LogP contribution in [0.15, 0.2) is 0 Å². The highest BCUT2D eigenvalue weighted by molar-refractivity contribution is 5.74. The first-order valence-corrected chi connectivity index (χ1v) is 5.05. The van der Waals surface area contributed by atoms with E-state index in [4.69, 9.17) is 4.74 Å². The fourth-order valence-corrected chi connectivity index (χ4v) is 2.89. The molecule has 0 bridgehead atoms. The molecule has 1 heterocycles. The second-order valence-electron chi connectivity index (χ2n) is 4.11. The first kappa shape index (κ1) is 9.00. The Bertz CT molecular complexity index is 217. The van der Waals surface area contributed by atoms with Crippen molar-refractivity contribution in [2.45, 2.75) is 44.9 Å². The molecule has 0 N–H and O–H groups in total. The van der Waals surface area contributed by atoms with Gasteiger partial charge in [0.05, 0.1) is 0 Å². The number of nitrogens with zero attached hydrogens (tertiary/aromatic N) is 1. The molecule has 2 rings (SSSR count). The van der Waals surface area contributed by atoms with Gasteiger partial charge in [-0.1, -0.05) is 6.42 Å². The number of carbonyl (C=O) groups excluding carboxylic acids is 1. The largest absolute Gasteiger partial charge is 0.362 e. The van der Waals surface area contributed by atoms with Gasteiger partial charge in [-0.25, -0.2) is 0 Å². The van der Waals surface area contributed by atoms with Gasteiger partial charge in [0.1, 0.15) is 6.23 Å². The molecule has 0 radical (unpaired) electrons. The van der Waals surface area contributed by atoms with Crippen molar-refractivity contribution < 1.29 is 9.53 Å². The van der Waals surface area contributed by atoms with Crippen molar-refractivity contribution in [2.75, 3.05) is 7.11 Å². The number of methoxy groups -OCH3 is 1. The van der Waals surface area contributed by atoms with Crippen LogP contribution >= 0.6 is 0 Å². The minimum atomic E-state index is 0.0489. The summed E-state index contributed by atoms with van der Waals surface area (Å²) >= 11 is 0. The van der Waals surface area contributed by atoms with Gasteiger partial charge in [0.25, 0.3) is 0 Å². The maximum Gasteiger partial charge on any atom is 0.221 e. The second kappa shape index (κ2) is 3.29. The lowest BCUT2D eigenvalue weighted by molar-refractivity contribution is -0.140. The molecule has 0 aromatic carbocycles. The standard InChI is InChI=1S/C10H17NO2/c1-7(12)11-9-5-3-4-8(9)6-10(11)13-2/h8-10H,3-6H2,1-2H3. The van der Waals surface area contributed by atoms with Crippen LogP contribution in [-0.2, 0) is 9.53 Å². The fourth-order valence-electron chi connectivity index (χ4n) is 2.89. The van der Waals surface area contributed by atoms with Crippen LogP contribution in [0.2, 0.25) is 0 Å². The molecule has 3 unspecified atom stereocenters. The van der Waals surface area contributed by atoms with Crippen molar-refractivity contribution in [1.82, 2.24) is 4.90 Å². The summed E-state index contributed by atoms with van der Waals surface area (Å²) in [5, 5.41) is 0. The van der Waals surface area contributed by atoms with Crippen LogP contribution in [-0.4, -0.2) is 30.2 Å². The number of fused-ring (bicyclic) bond motifs is 1. The number of ether oxygens (including phenoxy) is 1. The maximum atomic E-state index is 11.4. The van der Waals surface area contributed by atoms with Crippen molar-refractivity contribution in [3.05, 3.63) is 0 Å². The Morgan fingerprint density at radius 3 is 2.85 bits per heavy atom. The third-order valence-electron chi connectivity index (χ3n) is 3.43. The van der Waals surface area contributed by atoms with Crippen molar-refractivity contribution in [3.8, 4) is 0 Å². The first-order valence-electron chi connectivity index (χ1n) is 5.05. The highest BCUT2D eigenvalue weighted by Gasteiger charge is 2.44. The average molecular weight is 183 g/mol. The Kier molecular flexibility index (Phi) is 2.28. The highest BCUT2D eigenvalue weighted by atomic mass is 16.5. The second-order valence-corrected chi connectivity index (χ2v) is 4.11. The minimum absolute atomic E-state index is 0.0489. The van der Waals surface area contributed by atoms with E-state index in [1.54, 1.807) is 14.0 Å². The molecule has 3 heteroatoms. The molecule has 1 amide bonds. The number of likely N-dealkylation sites (tertiary alicyclic amines) is 1. The zero-order valence-electron chi connectivity index (χ0n) is 8.32. The van der Waals surface area contributed by atoms with E-state index in [1.165, 1.54) is 19.3 Å². The Balaban J connectivity index is 2.14. The molecule has 1 aliphatic heterocycles. The quantitative estimate of drug-likeness (QED) is 0.614. The Morgan fingerprint density at radius 1 is 1.46 bits per heavy atom. The summed E-state index contributed by atoms with van der Waals surface area (Å²) in [6.45, 7) is 1.65. The van der Waals surface area contributed by atoms with E-state index >= 15 is 0 Å². The number of amides is 1. The van der Waals surface area contributed by atoms with Gasteiger partial charge in [0, 0.05) is 20.1 Å². The van der Waals surface area contributed by atoms with Crippen LogP contribution in [0.1, 0.15) is 32.6 Å². The lowest BCUT2D eigenvalue weighted by atomic mass is 10.0. The Labute approximate surface area is 79.0 Å². The summed E-state index contributed by atoms with van der Waals surface area (Å²) in [6, 6.07) is 0.474. The van der Waals surface area contributed by atoms with E-state index in [9.17, 15) is 4.79 Å². The van der Waals surface area contributed by atoms with Gasteiger partial charge in [-0.15, -0.1) is 0 Å². The predicted molar refractivity (Wildman–Crippen MR) is 49.1 cm³/mol. The zero-order valence-corrected chi connectivity index (χ0v) is 8.32. The van der Waals surface area contributed by atoms with Gasteiger partial charge < -0.3 is 9.64 Å². The topological polar surface area (TPSA) is 29.5 Å². The zero-order chi connectivity index (χ0) is 9.42. The molecule has 0 spiro atoms. The summed E-state index contributed by atoms with van der Waals surface area (Å²) < 4.78 is 5.33. The predicted octanol–water partition coefficient (Wildman–Crippen LogP) is 1.38. The van der Waals surface area contributed by atoms with Gasteiger partial charge in [0.15, 0.2) is 0 Å². The summed E-state index contributed by atoms with van der Waals surface area (Å²) in [5.41, 5.74) is 0. The minimum Gasteiger partial charge on any atom is -0.362 e. The number of rotatable bonds is 1. The normalized spacial score (nSPS) is 38.0. The SMILES string of the molecule is COC1CC2CCCC2N1C(C)=O. The van der Waals surface area contributed by atoms with E-state index in [2.05, 4.69) is 0 Å². The highest BCUT2D eigenvalue weighted by Crippen LogP contribution is 2.41. The first-order chi connectivity index (χ1) is 6.24.